The summed E-state index contributed by atoms with van der Waals surface area (Å²) in [6.07, 6.45) is 1.26. The summed E-state index contributed by atoms with van der Waals surface area (Å²) in [5.41, 5.74) is 0. The molecular weight excluding hydrogens is 240 g/mol. The van der Waals surface area contributed by atoms with Crippen molar-refractivity contribution in [2.75, 3.05) is 31.4 Å². The molecule has 0 bridgehead atoms. The first kappa shape index (κ1) is 12.1. The number of thiocarbonyl (C=S) groups is 1. The fourth-order valence-corrected chi connectivity index (χ4v) is 4.42. The van der Waals surface area contributed by atoms with E-state index in [-0.39, 0.29) is 0 Å². The molecule has 1 heterocycles. The second-order valence-electron chi connectivity index (χ2n) is 3.11. The number of hydrogen-bond acceptors (Lipinski definition) is 4. The van der Waals surface area contributed by atoms with Crippen molar-refractivity contribution in [1.29, 1.82) is 0 Å². The minimum atomic E-state index is -3.05. The molecule has 1 aliphatic rings. The first-order valence-electron chi connectivity index (χ1n) is 4.22. The van der Waals surface area contributed by atoms with Crippen molar-refractivity contribution >= 4 is 38.9 Å². The number of hydrogen-bond donors (Lipinski definition) is 1. The van der Waals surface area contributed by atoms with Crippen molar-refractivity contribution < 1.29 is 8.42 Å². The van der Waals surface area contributed by atoms with Crippen LogP contribution < -0.4 is 5.32 Å². The highest BCUT2D eigenvalue weighted by atomic mass is 32.2. The third kappa shape index (κ3) is 2.74. The molecule has 1 aliphatic heterocycles. The number of sulfone groups is 1. The van der Waals surface area contributed by atoms with Gasteiger partial charge in [-0.3, -0.25) is 0 Å². The van der Waals surface area contributed by atoms with Crippen LogP contribution in [0, 0.1) is 0 Å². The minimum Gasteiger partial charge on any atom is -0.366 e. The second-order valence-corrected chi connectivity index (χ2v) is 6.85. The molecule has 0 saturated carbocycles. The fourth-order valence-electron chi connectivity index (χ4n) is 1.31. The molecule has 0 amide bonds. The first-order chi connectivity index (χ1) is 6.46. The SMILES string of the molecule is CNC(=S)N1CCSCC1S(C)(=O)=O. The Morgan fingerprint density at radius 3 is 2.79 bits per heavy atom. The van der Waals surface area contributed by atoms with E-state index >= 15 is 0 Å². The molecule has 1 rings (SSSR count). The van der Waals surface area contributed by atoms with Crippen LogP contribution in [0.2, 0.25) is 0 Å². The molecule has 0 aromatic carbocycles. The van der Waals surface area contributed by atoms with Gasteiger partial charge in [0.1, 0.15) is 5.37 Å². The Morgan fingerprint density at radius 1 is 1.64 bits per heavy atom. The lowest BCUT2D eigenvalue weighted by molar-refractivity contribution is 0.407. The second kappa shape index (κ2) is 4.67. The van der Waals surface area contributed by atoms with Crippen LogP contribution in [-0.2, 0) is 9.84 Å². The van der Waals surface area contributed by atoms with E-state index < -0.39 is 15.2 Å². The predicted octanol–water partition coefficient (Wildman–Crippen LogP) is -0.0898. The van der Waals surface area contributed by atoms with E-state index in [2.05, 4.69) is 5.32 Å². The number of nitrogens with one attached hydrogen (secondary N) is 1. The zero-order valence-corrected chi connectivity index (χ0v) is 10.6. The largest absolute Gasteiger partial charge is 0.366 e. The van der Waals surface area contributed by atoms with Crippen LogP contribution in [0.4, 0.5) is 0 Å². The maximum absolute atomic E-state index is 11.5. The van der Waals surface area contributed by atoms with Crippen molar-refractivity contribution in [3.63, 3.8) is 0 Å². The van der Waals surface area contributed by atoms with Crippen molar-refractivity contribution in [2.45, 2.75) is 5.37 Å². The summed E-state index contributed by atoms with van der Waals surface area (Å²) in [6.45, 7) is 0.697. The maximum atomic E-state index is 11.5. The van der Waals surface area contributed by atoms with Gasteiger partial charge in [-0.1, -0.05) is 0 Å². The Bertz CT molecular complexity index is 315. The van der Waals surface area contributed by atoms with Crippen LogP contribution in [0.3, 0.4) is 0 Å². The van der Waals surface area contributed by atoms with E-state index in [4.69, 9.17) is 12.2 Å². The Kier molecular flexibility index (Phi) is 4.03. The van der Waals surface area contributed by atoms with Crippen LogP contribution in [0.1, 0.15) is 0 Å². The van der Waals surface area contributed by atoms with Gasteiger partial charge in [-0.05, 0) is 12.2 Å². The Hall–Kier alpha value is -0.0100. The van der Waals surface area contributed by atoms with Crippen molar-refractivity contribution in [2.24, 2.45) is 0 Å². The zero-order chi connectivity index (χ0) is 10.8. The molecule has 82 valence electrons. The van der Waals surface area contributed by atoms with Gasteiger partial charge in [-0.2, -0.15) is 11.8 Å². The van der Waals surface area contributed by atoms with Crippen molar-refractivity contribution in [3.8, 4) is 0 Å². The molecule has 0 spiro atoms. The lowest BCUT2D eigenvalue weighted by atomic mass is 10.5. The summed E-state index contributed by atoms with van der Waals surface area (Å²) in [6, 6.07) is 0. The maximum Gasteiger partial charge on any atom is 0.169 e. The van der Waals surface area contributed by atoms with E-state index in [1.165, 1.54) is 6.26 Å². The van der Waals surface area contributed by atoms with Crippen molar-refractivity contribution in [3.05, 3.63) is 0 Å². The quantitative estimate of drug-likeness (QED) is 0.660. The highest BCUT2D eigenvalue weighted by Gasteiger charge is 2.31. The van der Waals surface area contributed by atoms with Gasteiger partial charge in [0.05, 0.1) is 0 Å². The molecule has 0 aliphatic carbocycles. The lowest BCUT2D eigenvalue weighted by Crippen LogP contribution is -2.52. The van der Waals surface area contributed by atoms with E-state index in [1.807, 2.05) is 0 Å². The molecule has 0 aromatic rings. The van der Waals surface area contributed by atoms with Gasteiger partial charge in [-0.15, -0.1) is 0 Å². The summed E-state index contributed by atoms with van der Waals surface area (Å²) >= 11 is 6.72. The van der Waals surface area contributed by atoms with Gasteiger partial charge >= 0.3 is 0 Å². The zero-order valence-electron chi connectivity index (χ0n) is 8.19. The predicted molar refractivity (Wildman–Crippen MR) is 64.3 cm³/mol. The topological polar surface area (TPSA) is 49.4 Å². The molecule has 4 nitrogen and oxygen atoms in total. The van der Waals surface area contributed by atoms with E-state index in [0.717, 1.165) is 5.75 Å². The highest BCUT2D eigenvalue weighted by Crippen LogP contribution is 2.20. The third-order valence-electron chi connectivity index (χ3n) is 2.05. The lowest BCUT2D eigenvalue weighted by Gasteiger charge is -2.35. The van der Waals surface area contributed by atoms with Crippen LogP contribution in [-0.4, -0.2) is 55.2 Å². The first-order valence-corrected chi connectivity index (χ1v) is 7.73. The van der Waals surface area contributed by atoms with Gasteiger partial charge in [0, 0.05) is 31.4 Å². The van der Waals surface area contributed by atoms with Crippen LogP contribution in [0.15, 0.2) is 0 Å². The fraction of sp³-hybridized carbons (Fsp3) is 0.857. The summed E-state index contributed by atoms with van der Waals surface area (Å²) in [5, 5.41) is 2.86. The third-order valence-corrected chi connectivity index (χ3v) is 5.14. The van der Waals surface area contributed by atoms with E-state index in [0.29, 0.717) is 17.4 Å². The van der Waals surface area contributed by atoms with Crippen LogP contribution in [0.5, 0.6) is 0 Å². The Balaban J connectivity index is 2.85. The van der Waals surface area contributed by atoms with Gasteiger partial charge in [0.2, 0.25) is 0 Å². The highest BCUT2D eigenvalue weighted by molar-refractivity contribution is 8.00. The van der Waals surface area contributed by atoms with Crippen LogP contribution in [0.25, 0.3) is 0 Å². The minimum absolute atomic E-state index is 0.471. The smallest absolute Gasteiger partial charge is 0.169 e. The molecular formula is C7H14N2O2S3. The van der Waals surface area contributed by atoms with E-state index in [1.54, 1.807) is 23.7 Å². The van der Waals surface area contributed by atoms with Gasteiger partial charge in [-0.25, -0.2) is 8.42 Å². The molecule has 14 heavy (non-hydrogen) atoms. The Labute approximate surface area is 94.3 Å². The van der Waals surface area contributed by atoms with Gasteiger partial charge in [0.25, 0.3) is 0 Å². The molecule has 1 saturated heterocycles. The summed E-state index contributed by atoms with van der Waals surface area (Å²) in [5.74, 6) is 1.52. The van der Waals surface area contributed by atoms with Gasteiger partial charge < -0.3 is 10.2 Å². The standard InChI is InChI=1S/C7H14N2O2S3/c1-8-7(12)9-3-4-13-5-6(9)14(2,10)11/h6H,3-5H2,1-2H3,(H,8,12). The Morgan fingerprint density at radius 2 is 2.29 bits per heavy atom. The van der Waals surface area contributed by atoms with Crippen LogP contribution >= 0.6 is 24.0 Å². The van der Waals surface area contributed by atoms with Gasteiger partial charge in [0.15, 0.2) is 14.9 Å². The van der Waals surface area contributed by atoms with Crippen molar-refractivity contribution in [1.82, 2.24) is 10.2 Å². The number of rotatable bonds is 1. The molecule has 1 fully saturated rings. The average Bonchev–Trinajstić information content (AvgIpc) is 2.15. The normalized spacial score (nSPS) is 23.3. The molecule has 0 aromatic heterocycles. The monoisotopic (exact) mass is 254 g/mol. The number of nitrogens with zero attached hydrogens (tertiary/aromatic N) is 1. The average molecular weight is 254 g/mol. The summed E-state index contributed by atoms with van der Waals surface area (Å²) in [7, 11) is -1.34. The van der Waals surface area contributed by atoms with E-state index in [9.17, 15) is 8.42 Å². The summed E-state index contributed by atoms with van der Waals surface area (Å²) in [4.78, 5) is 1.75. The number of thioether (sulfide) groups is 1. The molecule has 1 N–H and O–H groups in total. The molecule has 7 heteroatoms. The summed E-state index contributed by atoms with van der Waals surface area (Å²) < 4.78 is 22.9. The molecule has 1 atom stereocenters. The molecule has 1 unspecified atom stereocenters. The molecule has 0 radical (unpaired) electrons.